The van der Waals surface area contributed by atoms with Crippen molar-refractivity contribution in [2.45, 2.75) is 58.5 Å². The maximum Gasteiger partial charge on any atom is 0.232 e. The van der Waals surface area contributed by atoms with Crippen LogP contribution in [0.2, 0.25) is 0 Å². The van der Waals surface area contributed by atoms with Crippen molar-refractivity contribution >= 4 is 11.9 Å². The van der Waals surface area contributed by atoms with Crippen LogP contribution in [0.5, 0.6) is 11.5 Å². The summed E-state index contributed by atoms with van der Waals surface area (Å²) in [6.07, 6.45) is 8.22. The molecule has 5 rings (SSSR count). The number of allylic oxidation sites excluding steroid dienone is 1. The quantitative estimate of drug-likeness (QED) is 0.644. The van der Waals surface area contributed by atoms with Gasteiger partial charge in [-0.2, -0.15) is 0 Å². The van der Waals surface area contributed by atoms with Crippen LogP contribution in [0.1, 0.15) is 64.7 Å². The number of rotatable bonds is 2. The highest BCUT2D eigenvalue weighted by Crippen LogP contribution is 2.44. The van der Waals surface area contributed by atoms with E-state index in [4.69, 9.17) is 9.47 Å². The first-order valence-corrected chi connectivity index (χ1v) is 10.6. The predicted octanol–water partition coefficient (Wildman–Crippen LogP) is 5.40. The molecular weight excluding hydrogens is 362 g/mol. The lowest BCUT2D eigenvalue weighted by Crippen LogP contribution is -2.41. The van der Waals surface area contributed by atoms with Crippen molar-refractivity contribution in [2.75, 3.05) is 6.73 Å². The van der Waals surface area contributed by atoms with Crippen molar-refractivity contribution in [3.63, 3.8) is 0 Å². The Balaban J connectivity index is 1.49. The molecular formula is C25H27NO3. The molecule has 2 aromatic carbocycles. The minimum absolute atomic E-state index is 0.0309. The van der Waals surface area contributed by atoms with Crippen molar-refractivity contribution < 1.29 is 14.3 Å². The van der Waals surface area contributed by atoms with Gasteiger partial charge in [0.1, 0.15) is 18.2 Å². The molecule has 4 heteroatoms. The van der Waals surface area contributed by atoms with Crippen LogP contribution in [0.3, 0.4) is 0 Å². The van der Waals surface area contributed by atoms with E-state index in [0.717, 1.165) is 34.5 Å². The van der Waals surface area contributed by atoms with E-state index < -0.39 is 0 Å². The number of hydrogen-bond donors (Lipinski definition) is 0. The van der Waals surface area contributed by atoms with Gasteiger partial charge >= 0.3 is 0 Å². The summed E-state index contributed by atoms with van der Waals surface area (Å²) in [5.41, 5.74) is 4.77. The summed E-state index contributed by atoms with van der Waals surface area (Å²) in [7, 11) is 0. The fraction of sp³-hybridized carbons (Fsp3) is 0.400. The van der Waals surface area contributed by atoms with Gasteiger partial charge in [-0.25, -0.2) is 0 Å². The molecule has 2 aliphatic heterocycles. The van der Waals surface area contributed by atoms with Crippen LogP contribution in [-0.4, -0.2) is 23.5 Å². The summed E-state index contributed by atoms with van der Waals surface area (Å²) in [6, 6.07) is 10.7. The second kappa shape index (κ2) is 7.34. The van der Waals surface area contributed by atoms with E-state index in [2.05, 4.69) is 11.0 Å². The lowest BCUT2D eigenvalue weighted by molar-refractivity contribution is 0.0393. The largest absolute Gasteiger partial charge is 0.478 e. The first kappa shape index (κ1) is 18.4. The third-order valence-corrected chi connectivity index (χ3v) is 6.38. The zero-order valence-corrected chi connectivity index (χ0v) is 17.2. The highest BCUT2D eigenvalue weighted by Gasteiger charge is 2.36. The molecule has 1 saturated carbocycles. The second-order valence-electron chi connectivity index (χ2n) is 8.54. The van der Waals surface area contributed by atoms with Crippen LogP contribution in [0.25, 0.3) is 6.08 Å². The van der Waals surface area contributed by atoms with Gasteiger partial charge in [0.25, 0.3) is 0 Å². The van der Waals surface area contributed by atoms with E-state index >= 15 is 0 Å². The Morgan fingerprint density at radius 2 is 1.93 bits per heavy atom. The van der Waals surface area contributed by atoms with E-state index in [1.54, 1.807) is 0 Å². The first-order valence-electron chi connectivity index (χ1n) is 10.6. The Bertz CT molecular complexity index is 1000. The fourth-order valence-electron chi connectivity index (χ4n) is 4.84. The summed E-state index contributed by atoms with van der Waals surface area (Å²) in [5.74, 6) is 1.93. The van der Waals surface area contributed by atoms with Gasteiger partial charge in [-0.1, -0.05) is 49.1 Å². The molecule has 2 aromatic rings. The van der Waals surface area contributed by atoms with Gasteiger partial charge in [-0.3, -0.25) is 9.69 Å². The Morgan fingerprint density at radius 1 is 1.10 bits per heavy atom. The molecule has 0 aromatic heterocycles. The number of carbonyl (C=O) groups excluding carboxylic acids is 1. The van der Waals surface area contributed by atoms with Crippen LogP contribution in [-0.2, 0) is 6.54 Å². The van der Waals surface area contributed by atoms with E-state index in [9.17, 15) is 4.79 Å². The molecule has 2 heterocycles. The molecule has 3 aliphatic rings. The lowest BCUT2D eigenvalue weighted by Gasteiger charge is -2.37. The Kier molecular flexibility index (Phi) is 4.67. The van der Waals surface area contributed by atoms with Crippen LogP contribution in [0.15, 0.2) is 36.1 Å². The Morgan fingerprint density at radius 3 is 2.72 bits per heavy atom. The van der Waals surface area contributed by atoms with Crippen LogP contribution in [0, 0.1) is 13.8 Å². The lowest BCUT2D eigenvalue weighted by atomic mass is 9.93. The molecule has 0 saturated heterocycles. The Labute approximate surface area is 172 Å². The van der Waals surface area contributed by atoms with Crippen molar-refractivity contribution in [1.82, 2.24) is 4.90 Å². The maximum atomic E-state index is 13.1. The highest BCUT2D eigenvalue weighted by molar-refractivity contribution is 6.15. The molecule has 1 aliphatic carbocycles. The molecule has 0 unspecified atom stereocenters. The number of hydrogen-bond acceptors (Lipinski definition) is 4. The molecule has 0 bridgehead atoms. The monoisotopic (exact) mass is 389 g/mol. The van der Waals surface area contributed by atoms with Crippen molar-refractivity contribution in [3.8, 4) is 11.5 Å². The third-order valence-electron chi connectivity index (χ3n) is 6.38. The summed E-state index contributed by atoms with van der Waals surface area (Å²) in [5, 5.41) is 0. The summed E-state index contributed by atoms with van der Waals surface area (Å²) < 4.78 is 12.3. The van der Waals surface area contributed by atoms with Gasteiger partial charge in [-0.15, -0.1) is 0 Å². The zero-order chi connectivity index (χ0) is 20.0. The van der Waals surface area contributed by atoms with Gasteiger partial charge in [-0.05, 0) is 50.0 Å². The van der Waals surface area contributed by atoms with Crippen molar-refractivity contribution in [3.05, 3.63) is 63.9 Å². The summed E-state index contributed by atoms with van der Waals surface area (Å²) in [4.78, 5) is 15.5. The molecule has 0 N–H and O–H groups in total. The number of Topliss-reactive ketones (excluding diaryl/α,β-unsaturated/α-hetero) is 1. The number of carbonyl (C=O) groups is 1. The Hall–Kier alpha value is -2.59. The maximum absolute atomic E-state index is 13.1. The number of fused-ring (bicyclic) bond motifs is 3. The van der Waals surface area contributed by atoms with Crippen LogP contribution < -0.4 is 9.47 Å². The number of ether oxygens (including phenoxy) is 2. The summed E-state index contributed by atoms with van der Waals surface area (Å²) in [6.45, 7) is 5.42. The standard InChI is InChI=1S/C25H27NO3/c1-16-7-6-8-18(11-16)13-22-24(27)23-17(2)12-21-20(25(23)29-22)14-26(15-28-21)19-9-4-3-5-10-19/h6-8,11-13,19H,3-5,9-10,14-15H2,1-2H3/b22-13-. The smallest absolute Gasteiger partial charge is 0.232 e. The molecule has 1 fully saturated rings. The predicted molar refractivity (Wildman–Crippen MR) is 113 cm³/mol. The molecule has 0 atom stereocenters. The van der Waals surface area contributed by atoms with Gasteiger partial charge in [0.15, 0.2) is 5.76 Å². The second-order valence-corrected chi connectivity index (χ2v) is 8.54. The number of aryl methyl sites for hydroxylation is 2. The fourth-order valence-corrected chi connectivity index (χ4v) is 4.84. The highest BCUT2D eigenvalue weighted by atomic mass is 16.5. The minimum atomic E-state index is -0.0309. The number of ketones is 1. The van der Waals surface area contributed by atoms with E-state index in [1.807, 2.05) is 44.2 Å². The van der Waals surface area contributed by atoms with E-state index in [0.29, 0.717) is 29.8 Å². The van der Waals surface area contributed by atoms with Crippen molar-refractivity contribution in [2.24, 2.45) is 0 Å². The third kappa shape index (κ3) is 3.36. The van der Waals surface area contributed by atoms with Gasteiger partial charge in [0, 0.05) is 12.6 Å². The van der Waals surface area contributed by atoms with Crippen molar-refractivity contribution in [1.29, 1.82) is 0 Å². The zero-order valence-electron chi connectivity index (χ0n) is 17.2. The molecule has 0 amide bonds. The SMILES string of the molecule is Cc1cccc(/C=C2\Oc3c4c(cc(C)c3C2=O)OCN(C2CCCCC2)C4)c1. The van der Waals surface area contributed by atoms with Crippen LogP contribution >= 0.6 is 0 Å². The average Bonchev–Trinajstić information content (AvgIpc) is 3.05. The average molecular weight is 389 g/mol. The van der Waals surface area contributed by atoms with Gasteiger partial charge in [0.05, 0.1) is 11.1 Å². The van der Waals surface area contributed by atoms with E-state index in [-0.39, 0.29) is 5.78 Å². The van der Waals surface area contributed by atoms with E-state index in [1.165, 1.54) is 32.1 Å². The molecule has 0 radical (unpaired) electrons. The summed E-state index contributed by atoms with van der Waals surface area (Å²) >= 11 is 0. The molecule has 29 heavy (non-hydrogen) atoms. The number of benzene rings is 2. The minimum Gasteiger partial charge on any atom is -0.478 e. The van der Waals surface area contributed by atoms with Crippen LogP contribution in [0.4, 0.5) is 0 Å². The molecule has 4 nitrogen and oxygen atoms in total. The first-order chi connectivity index (χ1) is 14.1. The molecule has 150 valence electrons. The van der Waals surface area contributed by atoms with Gasteiger partial charge < -0.3 is 9.47 Å². The topological polar surface area (TPSA) is 38.8 Å². The number of nitrogens with zero attached hydrogens (tertiary/aromatic N) is 1. The normalized spacial score (nSPS) is 20.9. The molecule has 0 spiro atoms. The van der Waals surface area contributed by atoms with Gasteiger partial charge in [0.2, 0.25) is 5.78 Å².